The Hall–Kier alpha value is -1.82. The number of likely N-dealkylation sites (tertiary alicyclic amines) is 1. The number of amides is 2. The van der Waals surface area contributed by atoms with E-state index in [-0.39, 0.29) is 17.9 Å². The predicted octanol–water partition coefficient (Wildman–Crippen LogP) is 1.87. The van der Waals surface area contributed by atoms with Crippen molar-refractivity contribution in [3.05, 3.63) is 23.2 Å². The standard InChI is InChI=1S/C19H29N3O3/c1-3-16-13(2)10-17(25-16)19(24)22-9-5-6-14(12-22)11-21-18(23)15-7-4-8-20-15/h10,14-15,20H,3-9,11-12H2,1-2H3,(H,21,23)/t14-,15-/m1/s1. The molecule has 2 aliphatic heterocycles. The molecule has 0 saturated carbocycles. The van der Waals surface area contributed by atoms with Crippen molar-refractivity contribution < 1.29 is 14.0 Å². The van der Waals surface area contributed by atoms with Crippen LogP contribution >= 0.6 is 0 Å². The molecular weight excluding hydrogens is 318 g/mol. The Morgan fingerprint density at radius 3 is 2.88 bits per heavy atom. The number of carbonyl (C=O) groups excluding carboxylic acids is 2. The maximum Gasteiger partial charge on any atom is 0.289 e. The zero-order valence-corrected chi connectivity index (χ0v) is 15.3. The van der Waals surface area contributed by atoms with Crippen LogP contribution in [0.15, 0.2) is 10.5 Å². The molecule has 6 heteroatoms. The van der Waals surface area contributed by atoms with Gasteiger partial charge in [0.2, 0.25) is 5.91 Å². The summed E-state index contributed by atoms with van der Waals surface area (Å²) in [7, 11) is 0. The second-order valence-corrected chi connectivity index (χ2v) is 7.22. The highest BCUT2D eigenvalue weighted by Crippen LogP contribution is 2.21. The van der Waals surface area contributed by atoms with Crippen molar-refractivity contribution in [2.24, 2.45) is 5.92 Å². The number of nitrogens with one attached hydrogen (secondary N) is 2. The highest BCUT2D eigenvalue weighted by atomic mass is 16.4. The fourth-order valence-corrected chi connectivity index (χ4v) is 3.82. The van der Waals surface area contributed by atoms with E-state index in [1.165, 1.54) is 0 Å². The van der Waals surface area contributed by atoms with E-state index in [1.54, 1.807) is 0 Å². The average molecular weight is 347 g/mol. The molecule has 1 aromatic rings. The van der Waals surface area contributed by atoms with Gasteiger partial charge in [-0.15, -0.1) is 0 Å². The minimum Gasteiger partial charge on any atom is -0.456 e. The SMILES string of the molecule is CCc1oc(C(=O)N2CCC[C@H](CNC(=O)[C@H]3CCCN3)C2)cc1C. The van der Waals surface area contributed by atoms with Crippen LogP contribution in [0.5, 0.6) is 0 Å². The van der Waals surface area contributed by atoms with Crippen molar-refractivity contribution in [2.45, 2.75) is 52.0 Å². The number of furan rings is 1. The molecule has 0 bridgehead atoms. The summed E-state index contributed by atoms with van der Waals surface area (Å²) in [5, 5.41) is 6.27. The maximum atomic E-state index is 12.7. The molecule has 2 aliphatic rings. The number of aryl methyl sites for hydroxylation is 2. The van der Waals surface area contributed by atoms with E-state index < -0.39 is 0 Å². The molecule has 2 N–H and O–H groups in total. The zero-order valence-electron chi connectivity index (χ0n) is 15.3. The Labute approximate surface area is 149 Å². The molecular formula is C19H29N3O3. The molecule has 1 aromatic heterocycles. The summed E-state index contributed by atoms with van der Waals surface area (Å²) >= 11 is 0. The van der Waals surface area contributed by atoms with Gasteiger partial charge in [-0.05, 0) is 56.7 Å². The van der Waals surface area contributed by atoms with Crippen LogP contribution in [-0.2, 0) is 11.2 Å². The molecule has 0 aliphatic carbocycles. The van der Waals surface area contributed by atoms with Crippen molar-refractivity contribution >= 4 is 11.8 Å². The van der Waals surface area contributed by atoms with Gasteiger partial charge in [0.05, 0.1) is 6.04 Å². The lowest BCUT2D eigenvalue weighted by Gasteiger charge is -2.32. The normalized spacial score (nSPS) is 23.7. The number of rotatable bonds is 5. The third-order valence-electron chi connectivity index (χ3n) is 5.30. The number of hydrogen-bond acceptors (Lipinski definition) is 4. The van der Waals surface area contributed by atoms with E-state index >= 15 is 0 Å². The fourth-order valence-electron chi connectivity index (χ4n) is 3.82. The van der Waals surface area contributed by atoms with Gasteiger partial charge in [-0.1, -0.05) is 6.92 Å². The van der Waals surface area contributed by atoms with Crippen molar-refractivity contribution in [1.29, 1.82) is 0 Å². The van der Waals surface area contributed by atoms with E-state index in [4.69, 9.17) is 4.42 Å². The number of carbonyl (C=O) groups is 2. The van der Waals surface area contributed by atoms with Gasteiger partial charge in [-0.3, -0.25) is 9.59 Å². The number of piperidine rings is 1. The van der Waals surface area contributed by atoms with Crippen LogP contribution in [0, 0.1) is 12.8 Å². The van der Waals surface area contributed by atoms with Crippen LogP contribution in [0.3, 0.4) is 0 Å². The molecule has 3 heterocycles. The lowest BCUT2D eigenvalue weighted by atomic mass is 9.97. The van der Waals surface area contributed by atoms with Crippen molar-refractivity contribution in [1.82, 2.24) is 15.5 Å². The summed E-state index contributed by atoms with van der Waals surface area (Å²) in [6, 6.07) is 1.80. The predicted molar refractivity (Wildman–Crippen MR) is 95.5 cm³/mol. The molecule has 2 amide bonds. The number of hydrogen-bond donors (Lipinski definition) is 2. The maximum absolute atomic E-state index is 12.7. The van der Waals surface area contributed by atoms with Gasteiger partial charge in [0.25, 0.3) is 5.91 Å². The summed E-state index contributed by atoms with van der Waals surface area (Å²) < 4.78 is 5.71. The molecule has 0 radical (unpaired) electrons. The zero-order chi connectivity index (χ0) is 17.8. The molecule has 25 heavy (non-hydrogen) atoms. The first-order chi connectivity index (χ1) is 12.1. The summed E-state index contributed by atoms with van der Waals surface area (Å²) in [4.78, 5) is 26.7. The summed E-state index contributed by atoms with van der Waals surface area (Å²) in [6.07, 6.45) is 4.78. The van der Waals surface area contributed by atoms with E-state index in [1.807, 2.05) is 24.8 Å². The van der Waals surface area contributed by atoms with Gasteiger partial charge in [-0.2, -0.15) is 0 Å². The van der Waals surface area contributed by atoms with Gasteiger partial charge in [0, 0.05) is 26.1 Å². The molecule has 3 rings (SSSR count). The van der Waals surface area contributed by atoms with E-state index in [9.17, 15) is 9.59 Å². The molecule has 2 fully saturated rings. The molecule has 2 saturated heterocycles. The molecule has 2 atom stereocenters. The van der Waals surface area contributed by atoms with Gasteiger partial charge in [0.15, 0.2) is 5.76 Å². The van der Waals surface area contributed by atoms with Crippen LogP contribution in [0.1, 0.15) is 54.5 Å². The van der Waals surface area contributed by atoms with Gasteiger partial charge in [0.1, 0.15) is 5.76 Å². The van der Waals surface area contributed by atoms with Crippen LogP contribution in [0.2, 0.25) is 0 Å². The van der Waals surface area contributed by atoms with Crippen LogP contribution in [0.4, 0.5) is 0 Å². The third-order valence-corrected chi connectivity index (χ3v) is 5.30. The van der Waals surface area contributed by atoms with E-state index in [0.29, 0.717) is 24.8 Å². The Bertz CT molecular complexity index is 619. The van der Waals surface area contributed by atoms with Crippen LogP contribution < -0.4 is 10.6 Å². The minimum atomic E-state index is -0.0418. The van der Waals surface area contributed by atoms with Crippen molar-refractivity contribution in [3.63, 3.8) is 0 Å². The highest BCUT2D eigenvalue weighted by Gasteiger charge is 2.28. The average Bonchev–Trinajstić information content (AvgIpc) is 3.29. The Morgan fingerprint density at radius 1 is 1.36 bits per heavy atom. The molecule has 6 nitrogen and oxygen atoms in total. The van der Waals surface area contributed by atoms with Gasteiger partial charge in [-0.25, -0.2) is 0 Å². The molecule has 0 unspecified atom stereocenters. The first kappa shape index (κ1) is 18.0. The highest BCUT2D eigenvalue weighted by molar-refractivity contribution is 5.92. The lowest BCUT2D eigenvalue weighted by molar-refractivity contribution is -0.123. The van der Waals surface area contributed by atoms with Crippen molar-refractivity contribution in [2.75, 3.05) is 26.2 Å². The first-order valence-electron chi connectivity index (χ1n) is 9.48. The summed E-state index contributed by atoms with van der Waals surface area (Å²) in [5.74, 6) is 1.69. The minimum absolute atomic E-state index is 0.0312. The van der Waals surface area contributed by atoms with Crippen LogP contribution in [-0.4, -0.2) is 48.9 Å². The van der Waals surface area contributed by atoms with Gasteiger partial charge >= 0.3 is 0 Å². The Balaban J connectivity index is 1.53. The molecule has 138 valence electrons. The molecule has 0 spiro atoms. The second-order valence-electron chi connectivity index (χ2n) is 7.22. The van der Waals surface area contributed by atoms with E-state index in [0.717, 1.165) is 56.5 Å². The Kier molecular flexibility index (Phi) is 5.78. The monoisotopic (exact) mass is 347 g/mol. The summed E-state index contributed by atoms with van der Waals surface area (Å²) in [5.41, 5.74) is 1.04. The Morgan fingerprint density at radius 2 is 2.20 bits per heavy atom. The quantitative estimate of drug-likeness (QED) is 0.853. The third kappa shape index (κ3) is 4.24. The fraction of sp³-hybridized carbons (Fsp3) is 0.684. The van der Waals surface area contributed by atoms with E-state index in [2.05, 4.69) is 10.6 Å². The molecule has 0 aromatic carbocycles. The summed E-state index contributed by atoms with van der Waals surface area (Å²) in [6.45, 7) is 7.00. The largest absolute Gasteiger partial charge is 0.456 e. The van der Waals surface area contributed by atoms with Crippen molar-refractivity contribution in [3.8, 4) is 0 Å². The van der Waals surface area contributed by atoms with Gasteiger partial charge < -0.3 is 20.0 Å². The topological polar surface area (TPSA) is 74.6 Å². The number of nitrogens with zero attached hydrogens (tertiary/aromatic N) is 1. The van der Waals surface area contributed by atoms with Crippen LogP contribution in [0.25, 0.3) is 0 Å². The second kappa shape index (κ2) is 8.04. The lowest BCUT2D eigenvalue weighted by Crippen LogP contribution is -2.46. The smallest absolute Gasteiger partial charge is 0.289 e. The first-order valence-corrected chi connectivity index (χ1v) is 9.48.